The average molecular weight is 238 g/mol. The van der Waals surface area contributed by atoms with Gasteiger partial charge in [-0.2, -0.15) is 0 Å². The summed E-state index contributed by atoms with van der Waals surface area (Å²) in [6.45, 7) is 7.08. The van der Waals surface area contributed by atoms with Crippen molar-refractivity contribution >= 4 is 9.73 Å². The summed E-state index contributed by atoms with van der Waals surface area (Å²) >= 11 is 0. The lowest BCUT2D eigenvalue weighted by Crippen LogP contribution is -2.14. The summed E-state index contributed by atoms with van der Waals surface area (Å²) in [5.41, 5.74) is 1.06. The molecule has 0 N–H and O–H groups in total. The van der Waals surface area contributed by atoms with Crippen LogP contribution in [0.15, 0.2) is 27.6 Å². The highest BCUT2D eigenvalue weighted by atomic mass is 32.2. The van der Waals surface area contributed by atoms with Crippen molar-refractivity contribution < 1.29 is 4.21 Å². The van der Waals surface area contributed by atoms with E-state index in [0.29, 0.717) is 5.75 Å². The Morgan fingerprint density at radius 1 is 1.31 bits per heavy atom. The van der Waals surface area contributed by atoms with Gasteiger partial charge in [0.1, 0.15) is 0 Å². The molecule has 1 aliphatic heterocycles. The fourth-order valence-corrected chi connectivity index (χ4v) is 3.70. The van der Waals surface area contributed by atoms with Crippen LogP contribution in [0, 0.1) is 0 Å². The van der Waals surface area contributed by atoms with Gasteiger partial charge in [0, 0.05) is 29.6 Å². The number of pyridine rings is 1. The van der Waals surface area contributed by atoms with E-state index in [1.807, 2.05) is 12.1 Å². The Bertz CT molecular complexity index is 491. The zero-order valence-electron chi connectivity index (χ0n) is 10.1. The number of hydrogen-bond acceptors (Lipinski definition) is 3. The minimum absolute atomic E-state index is 0.0384. The molecule has 0 saturated carbocycles. The summed E-state index contributed by atoms with van der Waals surface area (Å²) in [6.07, 6.45) is 2.66. The molecular weight excluding hydrogens is 220 g/mol. The van der Waals surface area contributed by atoms with Gasteiger partial charge < -0.3 is 0 Å². The summed E-state index contributed by atoms with van der Waals surface area (Å²) in [5, 5.41) is 0. The van der Waals surface area contributed by atoms with E-state index in [9.17, 15) is 4.21 Å². The van der Waals surface area contributed by atoms with Crippen LogP contribution in [-0.4, -0.2) is 21.5 Å². The van der Waals surface area contributed by atoms with E-state index in [2.05, 4.69) is 30.1 Å². The SMILES string of the molecule is CC(C)(C)c1ccc([S@]2(=O)=NCCC2)cn1. The predicted octanol–water partition coefficient (Wildman–Crippen LogP) is 2.61. The maximum absolute atomic E-state index is 12.3. The summed E-state index contributed by atoms with van der Waals surface area (Å²) in [6, 6.07) is 3.89. The number of aromatic nitrogens is 1. The smallest absolute Gasteiger partial charge is 0.0768 e. The lowest BCUT2D eigenvalue weighted by atomic mass is 9.92. The van der Waals surface area contributed by atoms with Gasteiger partial charge in [-0.05, 0) is 18.6 Å². The Morgan fingerprint density at radius 2 is 2.06 bits per heavy atom. The van der Waals surface area contributed by atoms with Crippen molar-refractivity contribution in [2.24, 2.45) is 4.36 Å². The molecule has 0 spiro atoms. The van der Waals surface area contributed by atoms with Gasteiger partial charge in [-0.25, -0.2) is 8.57 Å². The Morgan fingerprint density at radius 3 is 2.50 bits per heavy atom. The highest BCUT2D eigenvalue weighted by molar-refractivity contribution is 7.93. The second kappa shape index (κ2) is 3.84. The molecule has 0 radical (unpaired) electrons. The van der Waals surface area contributed by atoms with Crippen LogP contribution in [-0.2, 0) is 15.1 Å². The zero-order chi connectivity index (χ0) is 11.8. The third kappa shape index (κ3) is 2.12. The average Bonchev–Trinajstić information content (AvgIpc) is 2.66. The van der Waals surface area contributed by atoms with Crippen LogP contribution in [0.2, 0.25) is 0 Å². The molecule has 16 heavy (non-hydrogen) atoms. The second-order valence-electron chi connectivity index (χ2n) is 5.18. The number of nitrogens with zero attached hydrogens (tertiary/aromatic N) is 2. The minimum atomic E-state index is -2.13. The first kappa shape index (κ1) is 11.6. The predicted molar refractivity (Wildman–Crippen MR) is 66.1 cm³/mol. The Labute approximate surface area is 97.5 Å². The topological polar surface area (TPSA) is 42.3 Å². The fourth-order valence-electron chi connectivity index (χ4n) is 1.74. The van der Waals surface area contributed by atoms with Crippen LogP contribution in [0.4, 0.5) is 0 Å². The molecule has 0 aromatic carbocycles. The van der Waals surface area contributed by atoms with Crippen LogP contribution < -0.4 is 0 Å². The summed E-state index contributed by atoms with van der Waals surface area (Å²) in [4.78, 5) is 5.19. The van der Waals surface area contributed by atoms with E-state index in [0.717, 1.165) is 23.6 Å². The summed E-state index contributed by atoms with van der Waals surface area (Å²) in [7, 11) is -2.13. The van der Waals surface area contributed by atoms with Gasteiger partial charge in [-0.3, -0.25) is 4.98 Å². The summed E-state index contributed by atoms with van der Waals surface area (Å²) in [5.74, 6) is 0.684. The van der Waals surface area contributed by atoms with Crippen molar-refractivity contribution in [2.75, 3.05) is 12.3 Å². The monoisotopic (exact) mass is 238 g/mol. The molecule has 0 saturated heterocycles. The first-order valence-corrected chi connectivity index (χ1v) is 7.27. The molecule has 2 rings (SSSR count). The van der Waals surface area contributed by atoms with E-state index in [1.54, 1.807) is 6.20 Å². The molecule has 0 bridgehead atoms. The largest absolute Gasteiger partial charge is 0.259 e. The van der Waals surface area contributed by atoms with Gasteiger partial charge in [-0.15, -0.1) is 0 Å². The minimum Gasteiger partial charge on any atom is -0.259 e. The molecule has 4 heteroatoms. The van der Waals surface area contributed by atoms with Crippen molar-refractivity contribution in [3.05, 3.63) is 24.0 Å². The fraction of sp³-hybridized carbons (Fsp3) is 0.583. The lowest BCUT2D eigenvalue weighted by molar-refractivity contribution is 0.567. The van der Waals surface area contributed by atoms with Crippen molar-refractivity contribution in [3.8, 4) is 0 Å². The van der Waals surface area contributed by atoms with Gasteiger partial charge in [0.25, 0.3) is 0 Å². The van der Waals surface area contributed by atoms with E-state index in [4.69, 9.17) is 0 Å². The first-order chi connectivity index (χ1) is 7.42. The number of hydrogen-bond donors (Lipinski definition) is 0. The van der Waals surface area contributed by atoms with Crippen molar-refractivity contribution in [1.82, 2.24) is 4.98 Å². The van der Waals surface area contributed by atoms with E-state index in [1.165, 1.54) is 0 Å². The normalized spacial score (nSPS) is 25.4. The molecule has 0 unspecified atom stereocenters. The van der Waals surface area contributed by atoms with Crippen LogP contribution >= 0.6 is 0 Å². The van der Waals surface area contributed by atoms with Gasteiger partial charge in [0.15, 0.2) is 0 Å². The highest BCUT2D eigenvalue weighted by Crippen LogP contribution is 2.23. The second-order valence-corrected chi connectivity index (χ2v) is 7.60. The Kier molecular flexibility index (Phi) is 2.78. The first-order valence-electron chi connectivity index (χ1n) is 5.59. The molecule has 3 nitrogen and oxygen atoms in total. The highest BCUT2D eigenvalue weighted by Gasteiger charge is 2.20. The third-order valence-electron chi connectivity index (χ3n) is 2.75. The number of rotatable bonds is 1. The maximum atomic E-state index is 12.3. The molecule has 0 aliphatic carbocycles. The van der Waals surface area contributed by atoms with Gasteiger partial charge >= 0.3 is 0 Å². The molecule has 1 atom stereocenters. The molecular formula is C12H18N2OS. The molecule has 2 heterocycles. The van der Waals surface area contributed by atoms with Gasteiger partial charge in [0.2, 0.25) is 0 Å². The zero-order valence-corrected chi connectivity index (χ0v) is 10.9. The van der Waals surface area contributed by atoms with Crippen LogP contribution in [0.1, 0.15) is 32.9 Å². The van der Waals surface area contributed by atoms with Crippen molar-refractivity contribution in [2.45, 2.75) is 37.5 Å². The van der Waals surface area contributed by atoms with Gasteiger partial charge in [0.05, 0.1) is 14.6 Å². The van der Waals surface area contributed by atoms with Crippen molar-refractivity contribution in [3.63, 3.8) is 0 Å². The van der Waals surface area contributed by atoms with Crippen LogP contribution in [0.25, 0.3) is 0 Å². The Hall–Kier alpha value is -0.900. The molecule has 0 fully saturated rings. The lowest BCUT2D eigenvalue weighted by Gasteiger charge is -2.17. The van der Waals surface area contributed by atoms with Crippen LogP contribution in [0.3, 0.4) is 0 Å². The van der Waals surface area contributed by atoms with E-state index >= 15 is 0 Å². The molecule has 88 valence electrons. The van der Waals surface area contributed by atoms with Crippen LogP contribution in [0.5, 0.6) is 0 Å². The molecule has 0 amide bonds. The van der Waals surface area contributed by atoms with E-state index in [-0.39, 0.29) is 5.41 Å². The molecule has 1 aromatic rings. The standard InChI is InChI=1S/C12H18N2OS/c1-12(2,3)11-6-5-10(9-13-11)16(15)8-4-7-14-16/h5-6,9H,4,7-8H2,1-3H3/t16-/m0/s1. The summed E-state index contributed by atoms with van der Waals surface area (Å²) < 4.78 is 16.6. The van der Waals surface area contributed by atoms with Gasteiger partial charge in [-0.1, -0.05) is 20.8 Å². The molecule has 1 aromatic heterocycles. The molecule has 1 aliphatic rings. The quantitative estimate of drug-likeness (QED) is 0.754. The maximum Gasteiger partial charge on any atom is 0.0768 e. The van der Waals surface area contributed by atoms with E-state index < -0.39 is 9.73 Å². The Balaban J connectivity index is 2.37. The third-order valence-corrected chi connectivity index (χ3v) is 5.17. The van der Waals surface area contributed by atoms with Crippen molar-refractivity contribution in [1.29, 1.82) is 0 Å².